The maximum Gasteiger partial charge on any atom is 0.246 e. The van der Waals surface area contributed by atoms with Crippen LogP contribution in [0.2, 0.25) is 0 Å². The van der Waals surface area contributed by atoms with Crippen molar-refractivity contribution in [2.45, 2.75) is 62.8 Å². The van der Waals surface area contributed by atoms with Crippen molar-refractivity contribution in [3.8, 4) is 11.4 Å². The van der Waals surface area contributed by atoms with Crippen LogP contribution in [0.5, 0.6) is 0 Å². The van der Waals surface area contributed by atoms with Gasteiger partial charge in [-0.2, -0.15) is 9.97 Å². The van der Waals surface area contributed by atoms with Crippen molar-refractivity contribution in [3.63, 3.8) is 0 Å². The van der Waals surface area contributed by atoms with E-state index in [9.17, 15) is 27.8 Å². The second-order valence-electron chi connectivity index (χ2n) is 17.1. The van der Waals surface area contributed by atoms with Crippen molar-refractivity contribution in [3.05, 3.63) is 131 Å². The molecule has 4 N–H and O–H groups in total. The Morgan fingerprint density at radius 2 is 0.953 bits per heavy atom. The van der Waals surface area contributed by atoms with E-state index in [0.29, 0.717) is 37.1 Å². The quantitative estimate of drug-likeness (QED) is 0.107. The fourth-order valence-electron chi connectivity index (χ4n) is 8.91. The van der Waals surface area contributed by atoms with Crippen molar-refractivity contribution in [1.82, 2.24) is 39.3 Å². The number of likely N-dealkylation sites (tertiary alicyclic amines) is 2. The highest BCUT2D eigenvalue weighted by molar-refractivity contribution is 5.58. The number of hydrogen-bond donors (Lipinski definition) is 4. The van der Waals surface area contributed by atoms with Gasteiger partial charge in [0.25, 0.3) is 0 Å². The third-order valence-corrected chi connectivity index (χ3v) is 12.3. The maximum atomic E-state index is 13.5. The number of aliphatic hydroxyl groups excluding tert-OH is 2. The van der Waals surface area contributed by atoms with Crippen LogP contribution in [0.25, 0.3) is 11.4 Å². The first-order chi connectivity index (χ1) is 30.9. The number of β-amino-alcohol motifs (C(OH)–C–C–N with tert-alkyl or cyclic N) is 2. The predicted molar refractivity (Wildman–Crippen MR) is 235 cm³/mol. The summed E-state index contributed by atoms with van der Waals surface area (Å²) in [6, 6.07) is 19.4. The van der Waals surface area contributed by atoms with E-state index < -0.39 is 35.5 Å². The highest BCUT2D eigenvalue weighted by Gasteiger charge is 2.36. The molecule has 6 aromatic rings. The van der Waals surface area contributed by atoms with Crippen molar-refractivity contribution in [1.29, 1.82) is 0 Å². The molecule has 4 aromatic carbocycles. The van der Waals surface area contributed by atoms with Crippen molar-refractivity contribution >= 4 is 23.3 Å². The Balaban J connectivity index is 0.000000191. The summed E-state index contributed by atoms with van der Waals surface area (Å²) in [6.45, 7) is 10.2. The summed E-state index contributed by atoms with van der Waals surface area (Å²) in [5.41, 5.74) is 6.33. The van der Waals surface area contributed by atoms with Crippen LogP contribution in [0.1, 0.15) is 49.8 Å². The summed E-state index contributed by atoms with van der Waals surface area (Å²) in [5.74, 6) is -1.99. The zero-order valence-electron chi connectivity index (χ0n) is 35.4. The van der Waals surface area contributed by atoms with Crippen LogP contribution >= 0.6 is 0 Å². The number of aryl methyl sites for hydroxylation is 2. The monoisotopic (exact) mass is 886 g/mol. The molecule has 64 heavy (non-hydrogen) atoms. The third kappa shape index (κ3) is 10.1. The van der Waals surface area contributed by atoms with Crippen LogP contribution in [-0.4, -0.2) is 126 Å². The third-order valence-electron chi connectivity index (χ3n) is 12.3. The Bertz CT molecular complexity index is 2380. The van der Waals surface area contributed by atoms with Gasteiger partial charge in [0, 0.05) is 51.3 Å². The number of aromatic nitrogens is 6. The summed E-state index contributed by atoms with van der Waals surface area (Å²) in [5, 5.41) is 36.5. The lowest BCUT2D eigenvalue weighted by atomic mass is 9.85. The smallest absolute Gasteiger partial charge is 0.246 e. The van der Waals surface area contributed by atoms with Gasteiger partial charge in [0.1, 0.15) is 35.9 Å². The minimum Gasteiger partial charge on any atom is -0.391 e. The zero-order chi connectivity index (χ0) is 44.5. The molecule has 18 heteroatoms. The molecule has 14 nitrogen and oxygen atoms in total. The van der Waals surface area contributed by atoms with Crippen molar-refractivity contribution in [2.24, 2.45) is 0 Å². The highest BCUT2D eigenvalue weighted by Crippen LogP contribution is 2.35. The fraction of sp³-hybridized carbons (Fsp3) is 0.391. The summed E-state index contributed by atoms with van der Waals surface area (Å²) in [7, 11) is 0. The predicted octanol–water partition coefficient (Wildman–Crippen LogP) is 6.79. The first kappa shape index (κ1) is 43.5. The molecule has 10 rings (SSSR count). The van der Waals surface area contributed by atoms with E-state index in [4.69, 9.17) is 9.47 Å². The number of nitrogens with zero attached hydrogens (tertiary/aromatic N) is 8. The topological polar surface area (TPSA) is 151 Å². The van der Waals surface area contributed by atoms with E-state index in [-0.39, 0.29) is 26.1 Å². The molecule has 6 heterocycles. The van der Waals surface area contributed by atoms with Gasteiger partial charge in [0.15, 0.2) is 0 Å². The van der Waals surface area contributed by atoms with Gasteiger partial charge in [-0.1, -0.05) is 12.1 Å². The highest BCUT2D eigenvalue weighted by atomic mass is 19.1. The van der Waals surface area contributed by atoms with Gasteiger partial charge < -0.3 is 30.3 Å². The van der Waals surface area contributed by atoms with E-state index in [1.165, 1.54) is 46.3 Å². The number of piperidine rings is 2. The van der Waals surface area contributed by atoms with Gasteiger partial charge in [-0.25, -0.2) is 26.9 Å². The lowest BCUT2D eigenvalue weighted by Gasteiger charge is -2.43. The first-order valence-electron chi connectivity index (χ1n) is 21.4. The van der Waals surface area contributed by atoms with E-state index in [1.807, 2.05) is 38.1 Å². The van der Waals surface area contributed by atoms with Gasteiger partial charge in [-0.15, -0.1) is 10.2 Å². The summed E-state index contributed by atoms with van der Waals surface area (Å²) < 4.78 is 67.2. The minimum atomic E-state index is -0.678. The van der Waals surface area contributed by atoms with Crippen LogP contribution in [0.15, 0.2) is 85.5 Å². The Kier molecular flexibility index (Phi) is 12.7. The number of aliphatic hydroxyl groups is 2. The number of ether oxygens (including phenoxy) is 2. The number of rotatable bonds is 10. The van der Waals surface area contributed by atoms with Crippen LogP contribution in [0.4, 0.5) is 40.8 Å². The molecule has 0 unspecified atom stereocenters. The fourth-order valence-corrected chi connectivity index (χ4v) is 8.91. The van der Waals surface area contributed by atoms with Gasteiger partial charge in [-0.3, -0.25) is 9.80 Å². The van der Waals surface area contributed by atoms with Crippen molar-refractivity contribution < 1.29 is 40.1 Å². The Morgan fingerprint density at radius 3 is 1.30 bits per heavy atom. The number of halogens is 4. The lowest BCUT2D eigenvalue weighted by Crippen LogP contribution is -2.55. The molecule has 4 saturated heterocycles. The van der Waals surface area contributed by atoms with Crippen LogP contribution < -0.4 is 10.6 Å². The largest absolute Gasteiger partial charge is 0.391 e. The number of anilines is 4. The second-order valence-corrected chi connectivity index (χ2v) is 17.1. The molecule has 4 fully saturated rings. The standard InChI is InChI=1S/2C23H25F2N5O2.2H2/c2*1-14-4-15(21-2-3-29(10-22(21)31)20-11-32-12-20)6-18(5-14)27-23-26-13-30(28-23)19-8-16(24)7-17(25)9-19;;/h2*4-9,13,20-22,31H,2-3,10-12H2,1H3,(H,27,28);2*1H/t2*21-,22+;;/m10../s1. The Hall–Kier alpha value is -5.76. The minimum absolute atomic E-state index is 0. The Morgan fingerprint density at radius 1 is 0.562 bits per heavy atom. The summed E-state index contributed by atoms with van der Waals surface area (Å²) >= 11 is 0. The molecule has 0 radical (unpaired) electrons. The molecule has 340 valence electrons. The van der Waals surface area contributed by atoms with E-state index >= 15 is 0 Å². The molecule has 0 amide bonds. The molecule has 0 bridgehead atoms. The average molecular weight is 887 g/mol. The molecule has 4 aliphatic rings. The Labute approximate surface area is 370 Å². The molecule has 0 saturated carbocycles. The molecular formula is C46H54F4N10O4. The van der Waals surface area contributed by atoms with Gasteiger partial charge in [0.2, 0.25) is 11.9 Å². The molecule has 0 aliphatic carbocycles. The molecule has 0 spiro atoms. The lowest BCUT2D eigenvalue weighted by molar-refractivity contribution is -0.0889. The van der Waals surface area contributed by atoms with Crippen LogP contribution in [0.3, 0.4) is 0 Å². The van der Waals surface area contributed by atoms with Crippen molar-refractivity contribution in [2.75, 3.05) is 63.2 Å². The van der Waals surface area contributed by atoms with Gasteiger partial charge in [-0.05, 0) is 111 Å². The van der Waals surface area contributed by atoms with Crippen LogP contribution in [-0.2, 0) is 9.47 Å². The SMILES string of the molecule is Cc1cc(Nc2ncn(-c3cc(F)cc(F)c3)n2)cc([C@@H]2CCN(C3COC3)C[C@H]2O)c1.Cc1cc(Nc2ncn(-c3cc(F)cc(F)c3)n2)cc([C@H]2CCN(C3COC3)C[C@@H]2O)c1.[HH].[HH]. The number of hydrogen-bond acceptors (Lipinski definition) is 12. The first-order valence-corrected chi connectivity index (χ1v) is 21.4. The normalized spacial score (nSPS) is 22.0. The van der Waals surface area contributed by atoms with Gasteiger partial charge in [0.05, 0.1) is 62.1 Å². The van der Waals surface area contributed by atoms with E-state index in [1.54, 1.807) is 0 Å². The zero-order valence-corrected chi connectivity index (χ0v) is 35.4. The summed E-state index contributed by atoms with van der Waals surface area (Å²) in [6.07, 6.45) is 3.66. The molecule has 4 atom stereocenters. The maximum absolute atomic E-state index is 13.5. The summed E-state index contributed by atoms with van der Waals surface area (Å²) in [4.78, 5) is 13.0. The molecular weight excluding hydrogens is 833 g/mol. The molecule has 4 aliphatic heterocycles. The number of nitrogens with one attached hydrogen (secondary N) is 2. The van der Waals surface area contributed by atoms with E-state index in [2.05, 4.69) is 52.7 Å². The van der Waals surface area contributed by atoms with E-state index in [0.717, 1.165) is 98.1 Å². The average Bonchev–Trinajstić information content (AvgIpc) is 3.86. The second kappa shape index (κ2) is 18.8. The number of benzene rings is 4. The molecule has 2 aromatic heterocycles. The van der Waals surface area contributed by atoms with Gasteiger partial charge >= 0.3 is 0 Å². The van der Waals surface area contributed by atoms with Crippen LogP contribution in [0, 0.1) is 37.1 Å².